The van der Waals surface area contributed by atoms with Crippen LogP contribution in [0.3, 0.4) is 0 Å². The predicted molar refractivity (Wildman–Crippen MR) is 54.3 cm³/mol. The summed E-state index contributed by atoms with van der Waals surface area (Å²) in [5.74, 6) is 0. The number of nitrogens with zero attached hydrogens (tertiary/aromatic N) is 1. The van der Waals surface area contributed by atoms with Crippen molar-refractivity contribution in [1.82, 2.24) is 4.98 Å². The first-order valence-corrected chi connectivity index (χ1v) is 4.37. The van der Waals surface area contributed by atoms with Crippen molar-refractivity contribution in [3.05, 3.63) is 42.2 Å². The molecule has 1 atom stereocenters. The second-order valence-electron chi connectivity index (χ2n) is 3.24. The SMILES string of the molecule is CC(N)c1cncc2ccccc12. The third-order valence-corrected chi connectivity index (χ3v) is 2.19. The van der Waals surface area contributed by atoms with Crippen LogP contribution in [0.25, 0.3) is 10.8 Å². The lowest BCUT2D eigenvalue weighted by Gasteiger charge is -2.08. The first-order chi connectivity index (χ1) is 6.29. The lowest BCUT2D eigenvalue weighted by molar-refractivity contribution is 0.821. The van der Waals surface area contributed by atoms with E-state index in [4.69, 9.17) is 5.73 Å². The highest BCUT2D eigenvalue weighted by Gasteiger charge is 2.03. The van der Waals surface area contributed by atoms with E-state index < -0.39 is 0 Å². The van der Waals surface area contributed by atoms with Crippen LogP contribution in [-0.4, -0.2) is 4.98 Å². The Balaban J connectivity index is 2.76. The topological polar surface area (TPSA) is 38.9 Å². The molecule has 0 radical (unpaired) electrons. The average molecular weight is 172 g/mol. The molecule has 0 bridgehead atoms. The van der Waals surface area contributed by atoms with E-state index in [0.29, 0.717) is 0 Å². The van der Waals surface area contributed by atoms with Gasteiger partial charge in [-0.3, -0.25) is 4.98 Å². The summed E-state index contributed by atoms with van der Waals surface area (Å²) in [6, 6.07) is 8.20. The number of aromatic nitrogens is 1. The van der Waals surface area contributed by atoms with Crippen LogP contribution in [0.15, 0.2) is 36.7 Å². The summed E-state index contributed by atoms with van der Waals surface area (Å²) in [4.78, 5) is 4.15. The van der Waals surface area contributed by atoms with E-state index in [1.54, 1.807) is 0 Å². The van der Waals surface area contributed by atoms with Crippen LogP contribution in [0.1, 0.15) is 18.5 Å². The van der Waals surface area contributed by atoms with Crippen LogP contribution in [0.2, 0.25) is 0 Å². The van der Waals surface area contributed by atoms with E-state index in [1.807, 2.05) is 37.5 Å². The highest BCUT2D eigenvalue weighted by atomic mass is 14.7. The molecular formula is C11H12N2. The van der Waals surface area contributed by atoms with Crippen molar-refractivity contribution in [3.63, 3.8) is 0 Å². The Morgan fingerprint density at radius 1 is 1.23 bits per heavy atom. The molecule has 0 saturated heterocycles. The Bertz CT molecular complexity index is 416. The van der Waals surface area contributed by atoms with Crippen molar-refractivity contribution < 1.29 is 0 Å². The number of nitrogens with two attached hydrogens (primary N) is 1. The summed E-state index contributed by atoms with van der Waals surface area (Å²) in [6.45, 7) is 1.98. The first kappa shape index (κ1) is 8.20. The van der Waals surface area contributed by atoms with E-state index in [-0.39, 0.29) is 6.04 Å². The summed E-state index contributed by atoms with van der Waals surface area (Å²) in [5, 5.41) is 2.35. The van der Waals surface area contributed by atoms with Crippen LogP contribution >= 0.6 is 0 Å². The molecule has 2 aromatic rings. The molecule has 2 N–H and O–H groups in total. The molecule has 0 aliphatic heterocycles. The molecule has 2 nitrogen and oxygen atoms in total. The van der Waals surface area contributed by atoms with Gasteiger partial charge in [0.05, 0.1) is 0 Å². The molecule has 1 aromatic carbocycles. The van der Waals surface area contributed by atoms with Crippen LogP contribution in [0.5, 0.6) is 0 Å². The summed E-state index contributed by atoms with van der Waals surface area (Å²) in [5.41, 5.74) is 6.95. The molecule has 0 amide bonds. The van der Waals surface area contributed by atoms with Gasteiger partial charge in [-0.25, -0.2) is 0 Å². The van der Waals surface area contributed by atoms with Gasteiger partial charge in [-0.05, 0) is 17.9 Å². The maximum absolute atomic E-state index is 5.84. The van der Waals surface area contributed by atoms with Crippen molar-refractivity contribution in [3.8, 4) is 0 Å². The van der Waals surface area contributed by atoms with Gasteiger partial charge in [0.1, 0.15) is 0 Å². The molecule has 2 heteroatoms. The van der Waals surface area contributed by atoms with Gasteiger partial charge in [-0.1, -0.05) is 24.3 Å². The van der Waals surface area contributed by atoms with Gasteiger partial charge in [0.15, 0.2) is 0 Å². The predicted octanol–water partition coefficient (Wildman–Crippen LogP) is 2.25. The van der Waals surface area contributed by atoms with E-state index in [2.05, 4.69) is 11.1 Å². The van der Waals surface area contributed by atoms with Gasteiger partial charge in [0.25, 0.3) is 0 Å². The van der Waals surface area contributed by atoms with Gasteiger partial charge in [-0.15, -0.1) is 0 Å². The molecule has 0 spiro atoms. The smallest absolute Gasteiger partial charge is 0.0346 e. The highest BCUT2D eigenvalue weighted by molar-refractivity contribution is 5.84. The Morgan fingerprint density at radius 3 is 2.77 bits per heavy atom. The first-order valence-electron chi connectivity index (χ1n) is 4.37. The van der Waals surface area contributed by atoms with Crippen molar-refractivity contribution in [1.29, 1.82) is 0 Å². The van der Waals surface area contributed by atoms with Crippen LogP contribution in [0.4, 0.5) is 0 Å². The lowest BCUT2D eigenvalue weighted by atomic mass is 10.0. The molecule has 2 rings (SSSR count). The fourth-order valence-corrected chi connectivity index (χ4v) is 1.50. The van der Waals surface area contributed by atoms with Crippen LogP contribution in [-0.2, 0) is 0 Å². The number of pyridine rings is 1. The summed E-state index contributed by atoms with van der Waals surface area (Å²) >= 11 is 0. The Morgan fingerprint density at radius 2 is 2.00 bits per heavy atom. The minimum Gasteiger partial charge on any atom is -0.324 e. The molecule has 0 fully saturated rings. The molecule has 0 aliphatic carbocycles. The Hall–Kier alpha value is -1.41. The van der Waals surface area contributed by atoms with Crippen molar-refractivity contribution in [2.24, 2.45) is 5.73 Å². The fraction of sp³-hybridized carbons (Fsp3) is 0.182. The van der Waals surface area contributed by atoms with Gasteiger partial charge in [0, 0.05) is 23.8 Å². The summed E-state index contributed by atoms with van der Waals surface area (Å²) in [6.07, 6.45) is 3.70. The normalized spacial score (nSPS) is 13.1. The van der Waals surface area contributed by atoms with Gasteiger partial charge >= 0.3 is 0 Å². The molecule has 0 aliphatic rings. The Labute approximate surface area is 77.4 Å². The van der Waals surface area contributed by atoms with Gasteiger partial charge in [-0.2, -0.15) is 0 Å². The second kappa shape index (κ2) is 3.15. The average Bonchev–Trinajstić information content (AvgIpc) is 2.17. The fourth-order valence-electron chi connectivity index (χ4n) is 1.50. The molecule has 1 heterocycles. The maximum atomic E-state index is 5.84. The number of benzene rings is 1. The van der Waals surface area contributed by atoms with Crippen molar-refractivity contribution >= 4 is 10.8 Å². The molecule has 1 unspecified atom stereocenters. The summed E-state index contributed by atoms with van der Waals surface area (Å²) < 4.78 is 0. The van der Waals surface area contributed by atoms with Crippen LogP contribution in [0, 0.1) is 0 Å². The highest BCUT2D eigenvalue weighted by Crippen LogP contribution is 2.20. The largest absolute Gasteiger partial charge is 0.324 e. The van der Waals surface area contributed by atoms with E-state index in [9.17, 15) is 0 Å². The molecule has 13 heavy (non-hydrogen) atoms. The van der Waals surface area contributed by atoms with Gasteiger partial charge in [0.2, 0.25) is 0 Å². The molecule has 1 aromatic heterocycles. The minimum atomic E-state index is 0.0404. The lowest BCUT2D eigenvalue weighted by Crippen LogP contribution is -2.05. The monoisotopic (exact) mass is 172 g/mol. The molecule has 66 valence electrons. The number of hydrogen-bond donors (Lipinski definition) is 1. The van der Waals surface area contributed by atoms with Gasteiger partial charge < -0.3 is 5.73 Å². The standard InChI is InChI=1S/C11H12N2/c1-8(12)11-7-13-6-9-4-2-3-5-10(9)11/h2-8H,12H2,1H3. The third kappa shape index (κ3) is 1.40. The zero-order valence-electron chi connectivity index (χ0n) is 7.57. The number of fused-ring (bicyclic) bond motifs is 1. The number of hydrogen-bond acceptors (Lipinski definition) is 2. The van der Waals surface area contributed by atoms with Crippen molar-refractivity contribution in [2.45, 2.75) is 13.0 Å². The molecular weight excluding hydrogens is 160 g/mol. The zero-order chi connectivity index (χ0) is 9.26. The zero-order valence-corrected chi connectivity index (χ0v) is 7.57. The van der Waals surface area contributed by atoms with E-state index in [1.165, 1.54) is 5.39 Å². The van der Waals surface area contributed by atoms with E-state index in [0.717, 1.165) is 10.9 Å². The quantitative estimate of drug-likeness (QED) is 0.716. The summed E-state index contributed by atoms with van der Waals surface area (Å²) in [7, 11) is 0. The maximum Gasteiger partial charge on any atom is 0.0346 e. The Kier molecular flexibility index (Phi) is 1.99. The molecule has 0 saturated carbocycles. The van der Waals surface area contributed by atoms with Crippen molar-refractivity contribution in [2.75, 3.05) is 0 Å². The van der Waals surface area contributed by atoms with Crippen LogP contribution < -0.4 is 5.73 Å². The number of rotatable bonds is 1. The minimum absolute atomic E-state index is 0.0404. The van der Waals surface area contributed by atoms with E-state index >= 15 is 0 Å². The third-order valence-electron chi connectivity index (χ3n) is 2.19. The second-order valence-corrected chi connectivity index (χ2v) is 3.24.